The van der Waals surface area contributed by atoms with E-state index < -0.39 is 0 Å². The molecule has 0 saturated heterocycles. The average Bonchev–Trinajstić information content (AvgIpc) is 2.86. The van der Waals surface area contributed by atoms with Crippen molar-refractivity contribution in [3.63, 3.8) is 0 Å². The van der Waals surface area contributed by atoms with Crippen molar-refractivity contribution in [2.75, 3.05) is 11.9 Å². The fraction of sp³-hybridized carbons (Fsp3) is 0.143. The number of aromatic nitrogens is 2. The highest BCUT2D eigenvalue weighted by Crippen LogP contribution is 2.35. The third-order valence-electron chi connectivity index (χ3n) is 3.40. The summed E-state index contributed by atoms with van der Waals surface area (Å²) in [7, 11) is 8.60. The van der Waals surface area contributed by atoms with Gasteiger partial charge in [-0.05, 0) is 28.4 Å². The van der Waals surface area contributed by atoms with Crippen molar-refractivity contribution in [2.24, 2.45) is 0 Å². The molecule has 8 heteroatoms. The molecule has 1 aromatic heterocycles. The van der Waals surface area contributed by atoms with Crippen molar-refractivity contribution in [3.05, 3.63) is 47.1 Å². The van der Waals surface area contributed by atoms with Crippen molar-refractivity contribution in [1.29, 1.82) is 0 Å². The van der Waals surface area contributed by atoms with E-state index in [1.165, 1.54) is 4.90 Å². The molecule has 1 aromatic carbocycles. The molecule has 0 spiro atoms. The Morgan fingerprint density at radius 3 is 2.68 bits per heavy atom. The van der Waals surface area contributed by atoms with Gasteiger partial charge < -0.3 is 9.88 Å². The molecule has 0 radical (unpaired) electrons. The molecule has 2 heterocycles. The van der Waals surface area contributed by atoms with Gasteiger partial charge in [-0.1, -0.05) is 30.3 Å². The largest absolute Gasteiger partial charge is 0.327 e. The number of anilines is 1. The normalized spacial score (nSPS) is 14.0. The van der Waals surface area contributed by atoms with Crippen LogP contribution in [-0.4, -0.2) is 22.6 Å². The highest BCUT2D eigenvalue weighted by atomic mass is 35.7. The maximum atomic E-state index is 11.8. The summed E-state index contributed by atoms with van der Waals surface area (Å²) in [5, 5.41) is 4.00. The molecule has 0 saturated carbocycles. The van der Waals surface area contributed by atoms with Crippen molar-refractivity contribution in [2.45, 2.75) is 11.7 Å². The summed E-state index contributed by atoms with van der Waals surface area (Å²) >= 11 is 5.91. The van der Waals surface area contributed by atoms with Crippen LogP contribution in [0, 0.1) is 0 Å². The van der Waals surface area contributed by atoms with Crippen LogP contribution in [0.1, 0.15) is 11.3 Å². The van der Waals surface area contributed by atoms with Crippen LogP contribution >= 0.6 is 33.3 Å². The number of hydrogen-bond acceptors (Lipinski definition) is 3. The molecule has 0 fully saturated rings. The van der Waals surface area contributed by atoms with E-state index in [1.807, 2.05) is 28.8 Å². The van der Waals surface area contributed by atoms with Gasteiger partial charge in [0.15, 0.2) is 11.0 Å². The summed E-state index contributed by atoms with van der Waals surface area (Å²) in [5.74, 6) is 0.547. The van der Waals surface area contributed by atoms with Gasteiger partial charge in [-0.15, -0.1) is 0 Å². The second-order valence-electron chi connectivity index (χ2n) is 4.82. The maximum Gasteiger partial charge on any atom is 0.327 e. The number of imidazole rings is 1. The lowest BCUT2D eigenvalue weighted by atomic mass is 10.2. The Bertz CT molecular complexity index is 757. The Hall–Kier alpha value is -1.63. The first-order chi connectivity index (χ1) is 10.5. The first-order valence-electron chi connectivity index (χ1n) is 6.39. The highest BCUT2D eigenvalue weighted by Gasteiger charge is 2.30. The summed E-state index contributed by atoms with van der Waals surface area (Å²) in [5.41, 5.74) is 2.31. The fourth-order valence-corrected chi connectivity index (χ4v) is 3.14. The Morgan fingerprint density at radius 2 is 2.05 bits per heavy atom. The highest BCUT2D eigenvalue weighted by molar-refractivity contribution is 8.21. The Morgan fingerprint density at radius 1 is 1.36 bits per heavy atom. The van der Waals surface area contributed by atoms with Crippen LogP contribution < -0.4 is 10.2 Å². The molecular weight excluding hydrogens is 343 g/mol. The molecule has 0 bridgehead atoms. The van der Waals surface area contributed by atoms with E-state index in [0.29, 0.717) is 28.2 Å². The lowest BCUT2D eigenvalue weighted by Crippen LogP contribution is -2.41. The molecular formula is C14H12Cl2N4OS. The van der Waals surface area contributed by atoms with Gasteiger partial charge in [-0.25, -0.2) is 9.78 Å². The first kappa shape index (κ1) is 15.3. The Balaban J connectivity index is 2.07. The number of nitrogens with one attached hydrogen (secondary N) is 1. The summed E-state index contributed by atoms with van der Waals surface area (Å²) < 4.78 is 1.93. The molecule has 3 rings (SSSR count). The van der Waals surface area contributed by atoms with Crippen molar-refractivity contribution >= 4 is 50.8 Å². The third kappa shape index (κ3) is 2.58. The topological polar surface area (TPSA) is 50.2 Å². The summed E-state index contributed by atoms with van der Waals surface area (Å²) in [6, 6.07) is 7.27. The van der Waals surface area contributed by atoms with Gasteiger partial charge in [-0.3, -0.25) is 4.90 Å². The minimum atomic E-state index is -0.264. The number of urea groups is 1. The summed E-state index contributed by atoms with van der Waals surface area (Å²) in [4.78, 5) is 17.7. The monoisotopic (exact) mass is 354 g/mol. The van der Waals surface area contributed by atoms with Crippen LogP contribution in [0.2, 0.25) is 5.02 Å². The predicted octanol–water partition coefficient (Wildman–Crippen LogP) is 3.96. The lowest BCUT2D eigenvalue weighted by molar-refractivity contribution is 0.250. The van der Waals surface area contributed by atoms with Crippen LogP contribution in [0.15, 0.2) is 36.0 Å². The number of fused-ring (bicyclic) bond motifs is 1. The second-order valence-corrected chi connectivity index (χ2v) is 6.24. The minimum Gasteiger partial charge on any atom is -0.310 e. The molecule has 2 amide bonds. The molecule has 1 aliphatic heterocycles. The summed E-state index contributed by atoms with van der Waals surface area (Å²) in [6.45, 7) is 4.46. The number of hydrogen-bond donors (Lipinski definition) is 1. The van der Waals surface area contributed by atoms with E-state index in [4.69, 9.17) is 22.3 Å². The number of halogens is 2. The zero-order valence-corrected chi connectivity index (χ0v) is 14.0. The van der Waals surface area contributed by atoms with Gasteiger partial charge >= 0.3 is 6.03 Å². The zero-order chi connectivity index (χ0) is 15.9. The van der Waals surface area contributed by atoms with Gasteiger partial charge in [0.25, 0.3) is 0 Å². The van der Waals surface area contributed by atoms with E-state index in [-0.39, 0.29) is 6.03 Å². The molecule has 1 aliphatic rings. The third-order valence-corrected chi connectivity index (χ3v) is 4.52. The van der Waals surface area contributed by atoms with Crippen molar-refractivity contribution < 1.29 is 4.79 Å². The smallest absolute Gasteiger partial charge is 0.310 e. The Labute approximate surface area is 141 Å². The number of carbonyl (C=O) groups is 1. The lowest BCUT2D eigenvalue weighted by Gasteiger charge is -2.25. The molecule has 0 aliphatic carbocycles. The van der Waals surface area contributed by atoms with Crippen LogP contribution in [0.3, 0.4) is 0 Å². The summed E-state index contributed by atoms with van der Waals surface area (Å²) in [6.07, 6.45) is 0. The molecule has 114 valence electrons. The van der Waals surface area contributed by atoms with Gasteiger partial charge in [0.1, 0.15) is 5.69 Å². The van der Waals surface area contributed by atoms with Crippen molar-refractivity contribution in [1.82, 2.24) is 14.9 Å². The standard InChI is InChI=1S/C14H12Cl2N4OS/c1-8-11-12(19(2)13(21)17-8)18-14(22-16)20(11)7-9-3-5-10(15)6-4-9/h3-6H,1,7H2,2H3,(H,17,21). The SMILES string of the molecule is C=C1NC(=O)N(C)c2nc(SCl)n(Cc3ccc(Cl)cc3)c21. The van der Waals surface area contributed by atoms with Gasteiger partial charge in [0.05, 0.1) is 12.2 Å². The number of rotatable bonds is 3. The number of nitrogens with zero attached hydrogens (tertiary/aromatic N) is 3. The van der Waals surface area contributed by atoms with Crippen LogP contribution in [-0.2, 0) is 6.54 Å². The maximum absolute atomic E-state index is 11.8. The molecule has 0 unspecified atom stereocenters. The number of amides is 2. The van der Waals surface area contributed by atoms with E-state index >= 15 is 0 Å². The average molecular weight is 355 g/mol. The van der Waals surface area contributed by atoms with Gasteiger partial charge in [0.2, 0.25) is 0 Å². The minimum absolute atomic E-state index is 0.264. The number of carbonyl (C=O) groups excluding carboxylic acids is 1. The van der Waals surface area contributed by atoms with E-state index in [2.05, 4.69) is 16.9 Å². The first-order valence-corrected chi connectivity index (χ1v) is 8.41. The molecule has 2 aromatic rings. The van der Waals surface area contributed by atoms with Gasteiger partial charge in [0, 0.05) is 23.0 Å². The second kappa shape index (κ2) is 5.87. The molecule has 5 nitrogen and oxygen atoms in total. The van der Waals surface area contributed by atoms with Crippen LogP contribution in [0.5, 0.6) is 0 Å². The van der Waals surface area contributed by atoms with E-state index in [1.54, 1.807) is 7.05 Å². The van der Waals surface area contributed by atoms with Crippen LogP contribution in [0.4, 0.5) is 10.6 Å². The predicted molar refractivity (Wildman–Crippen MR) is 90.5 cm³/mol. The van der Waals surface area contributed by atoms with Gasteiger partial charge in [-0.2, -0.15) is 0 Å². The van der Waals surface area contributed by atoms with E-state index in [9.17, 15) is 4.79 Å². The Kier molecular flexibility index (Phi) is 4.08. The van der Waals surface area contributed by atoms with E-state index in [0.717, 1.165) is 22.2 Å². The zero-order valence-electron chi connectivity index (χ0n) is 11.6. The fourth-order valence-electron chi connectivity index (χ4n) is 2.30. The quantitative estimate of drug-likeness (QED) is 0.907. The van der Waals surface area contributed by atoms with Crippen molar-refractivity contribution in [3.8, 4) is 0 Å². The molecule has 22 heavy (non-hydrogen) atoms. The number of benzene rings is 1. The molecule has 0 atom stereocenters. The van der Waals surface area contributed by atoms with Crippen LogP contribution in [0.25, 0.3) is 5.70 Å². The molecule has 1 N–H and O–H groups in total.